The number of carbonyl (C=O) groups excluding carboxylic acids is 1. The van der Waals surface area contributed by atoms with Gasteiger partial charge in [0, 0.05) is 16.6 Å². The Balaban J connectivity index is 1.71. The van der Waals surface area contributed by atoms with Gasteiger partial charge in [0.05, 0.1) is 22.9 Å². The summed E-state index contributed by atoms with van der Waals surface area (Å²) in [5.41, 5.74) is 1.57. The van der Waals surface area contributed by atoms with E-state index in [4.69, 9.17) is 9.72 Å². The third-order valence-electron chi connectivity index (χ3n) is 4.25. The first kappa shape index (κ1) is 16.7. The molecule has 0 saturated carbocycles. The number of thiazole rings is 1. The molecule has 0 radical (unpaired) electrons. The van der Waals surface area contributed by atoms with Crippen LogP contribution in [0.4, 0.5) is 5.13 Å². The maximum Gasteiger partial charge on any atom is 0.260 e. The fraction of sp³-hybridized carbons (Fsp3) is 0.263. The van der Waals surface area contributed by atoms with Crippen molar-refractivity contribution >= 4 is 48.5 Å². The molecule has 0 N–H and O–H groups in total. The zero-order valence-electron chi connectivity index (χ0n) is 13.5. The molecule has 1 fully saturated rings. The third-order valence-corrected chi connectivity index (χ3v) is 5.78. The summed E-state index contributed by atoms with van der Waals surface area (Å²) >= 11 is 5.03. The van der Waals surface area contributed by atoms with Crippen LogP contribution >= 0.6 is 27.3 Å². The number of hydrogen-bond donors (Lipinski definition) is 0. The summed E-state index contributed by atoms with van der Waals surface area (Å²) in [4.78, 5) is 19.6. The lowest BCUT2D eigenvalue weighted by molar-refractivity contribution is 0.0917. The van der Waals surface area contributed by atoms with Crippen LogP contribution in [0.15, 0.2) is 53.0 Å². The molecule has 1 atom stereocenters. The van der Waals surface area contributed by atoms with Gasteiger partial charge in [0.25, 0.3) is 5.91 Å². The lowest BCUT2D eigenvalue weighted by Crippen LogP contribution is -2.37. The summed E-state index contributed by atoms with van der Waals surface area (Å²) in [5, 5.41) is 0.720. The minimum Gasteiger partial charge on any atom is -0.376 e. The van der Waals surface area contributed by atoms with Crippen molar-refractivity contribution in [3.05, 3.63) is 58.6 Å². The molecule has 1 unspecified atom stereocenters. The molecule has 0 bridgehead atoms. The zero-order valence-corrected chi connectivity index (χ0v) is 15.9. The number of amides is 1. The molecular formula is C19H17BrN2O2S. The van der Waals surface area contributed by atoms with Crippen LogP contribution in [0.2, 0.25) is 0 Å². The molecule has 1 saturated heterocycles. The average Bonchev–Trinajstić information content (AvgIpc) is 3.28. The largest absolute Gasteiger partial charge is 0.376 e. The Bertz CT molecular complexity index is 891. The highest BCUT2D eigenvalue weighted by Gasteiger charge is 2.26. The monoisotopic (exact) mass is 416 g/mol. The maximum absolute atomic E-state index is 13.1. The van der Waals surface area contributed by atoms with Crippen molar-refractivity contribution in [2.75, 3.05) is 18.1 Å². The molecular weight excluding hydrogens is 400 g/mol. The highest BCUT2D eigenvalue weighted by molar-refractivity contribution is 9.10. The van der Waals surface area contributed by atoms with Gasteiger partial charge in [0.15, 0.2) is 5.13 Å². The normalized spacial score (nSPS) is 17.1. The van der Waals surface area contributed by atoms with E-state index >= 15 is 0 Å². The highest BCUT2D eigenvalue weighted by atomic mass is 79.9. The van der Waals surface area contributed by atoms with Crippen LogP contribution in [0.5, 0.6) is 0 Å². The van der Waals surface area contributed by atoms with E-state index in [-0.39, 0.29) is 12.0 Å². The third kappa shape index (κ3) is 3.61. The summed E-state index contributed by atoms with van der Waals surface area (Å²) in [7, 11) is 0. The van der Waals surface area contributed by atoms with Crippen molar-refractivity contribution in [3.63, 3.8) is 0 Å². The summed E-state index contributed by atoms with van der Waals surface area (Å²) in [6.07, 6.45) is 2.10. The molecule has 4 rings (SSSR count). The van der Waals surface area contributed by atoms with Gasteiger partial charge >= 0.3 is 0 Å². The van der Waals surface area contributed by atoms with Crippen molar-refractivity contribution in [1.29, 1.82) is 0 Å². The van der Waals surface area contributed by atoms with Crippen LogP contribution in [-0.2, 0) is 4.74 Å². The van der Waals surface area contributed by atoms with E-state index in [1.54, 1.807) is 4.90 Å². The second-order valence-corrected chi connectivity index (χ2v) is 7.95. The first-order valence-electron chi connectivity index (χ1n) is 8.25. The molecule has 1 aliphatic rings. The number of nitrogens with zero attached hydrogens (tertiary/aromatic N) is 2. The van der Waals surface area contributed by atoms with Crippen LogP contribution in [-0.4, -0.2) is 30.1 Å². The first-order valence-corrected chi connectivity index (χ1v) is 9.86. The van der Waals surface area contributed by atoms with Gasteiger partial charge in [0.2, 0.25) is 0 Å². The Morgan fingerprint density at radius 3 is 2.88 bits per heavy atom. The molecule has 0 aliphatic carbocycles. The predicted octanol–water partition coefficient (Wildman–Crippen LogP) is 4.88. The van der Waals surface area contributed by atoms with Gasteiger partial charge in [-0.1, -0.05) is 45.5 Å². The van der Waals surface area contributed by atoms with Crippen LogP contribution in [0.1, 0.15) is 23.2 Å². The number of rotatable bonds is 4. The summed E-state index contributed by atoms with van der Waals surface area (Å²) in [5.74, 6) is -0.0331. The molecule has 3 aromatic rings. The zero-order chi connectivity index (χ0) is 17.2. The van der Waals surface area contributed by atoms with E-state index in [0.717, 1.165) is 39.3 Å². The van der Waals surface area contributed by atoms with Crippen molar-refractivity contribution in [2.45, 2.75) is 18.9 Å². The minimum absolute atomic E-state index is 0.0331. The van der Waals surface area contributed by atoms with Crippen molar-refractivity contribution < 1.29 is 9.53 Å². The van der Waals surface area contributed by atoms with Crippen molar-refractivity contribution in [1.82, 2.24) is 4.98 Å². The van der Waals surface area contributed by atoms with Gasteiger partial charge in [-0.2, -0.15) is 0 Å². The SMILES string of the molecule is O=C(c1ccccc1)N(CC1CCCO1)c1nc2ccc(Br)cc2s1. The predicted molar refractivity (Wildman–Crippen MR) is 104 cm³/mol. The summed E-state index contributed by atoms with van der Waals surface area (Å²) < 4.78 is 7.83. The number of hydrogen-bond acceptors (Lipinski definition) is 4. The molecule has 6 heteroatoms. The Labute approximate surface area is 158 Å². The van der Waals surface area contributed by atoms with Gasteiger partial charge in [-0.25, -0.2) is 4.98 Å². The number of ether oxygens (including phenoxy) is 1. The number of fused-ring (bicyclic) bond motifs is 1. The van der Waals surface area contributed by atoms with Crippen LogP contribution < -0.4 is 4.90 Å². The second kappa shape index (κ2) is 7.23. The minimum atomic E-state index is -0.0331. The fourth-order valence-electron chi connectivity index (χ4n) is 2.98. The summed E-state index contributed by atoms with van der Waals surface area (Å²) in [6.45, 7) is 1.31. The van der Waals surface area contributed by atoms with Gasteiger partial charge in [-0.05, 0) is 43.2 Å². The Morgan fingerprint density at radius 1 is 1.28 bits per heavy atom. The average molecular weight is 417 g/mol. The fourth-order valence-corrected chi connectivity index (χ4v) is 4.50. The highest BCUT2D eigenvalue weighted by Crippen LogP contribution is 2.32. The Hall–Kier alpha value is -1.76. The van der Waals surface area contributed by atoms with Gasteiger partial charge in [-0.15, -0.1) is 0 Å². The van der Waals surface area contributed by atoms with E-state index in [1.165, 1.54) is 11.3 Å². The van der Waals surface area contributed by atoms with Crippen LogP contribution in [0, 0.1) is 0 Å². The van der Waals surface area contributed by atoms with Crippen LogP contribution in [0.25, 0.3) is 10.2 Å². The van der Waals surface area contributed by atoms with Gasteiger partial charge in [0.1, 0.15) is 0 Å². The molecule has 2 heterocycles. The van der Waals surface area contributed by atoms with Gasteiger partial charge < -0.3 is 4.74 Å². The van der Waals surface area contributed by atoms with E-state index in [1.807, 2.05) is 48.5 Å². The molecule has 4 nitrogen and oxygen atoms in total. The van der Waals surface area contributed by atoms with Crippen LogP contribution in [0.3, 0.4) is 0 Å². The molecule has 1 aliphatic heterocycles. The van der Waals surface area contributed by atoms with E-state index < -0.39 is 0 Å². The molecule has 1 amide bonds. The van der Waals surface area contributed by atoms with Gasteiger partial charge in [-0.3, -0.25) is 9.69 Å². The molecule has 128 valence electrons. The topological polar surface area (TPSA) is 42.4 Å². The number of anilines is 1. The number of aromatic nitrogens is 1. The number of halogens is 1. The Kier molecular flexibility index (Phi) is 4.83. The number of benzene rings is 2. The standard InChI is InChI=1S/C19H17BrN2O2S/c20-14-8-9-16-17(11-14)25-19(21-16)22(12-15-7-4-10-24-15)18(23)13-5-2-1-3-6-13/h1-3,5-6,8-9,11,15H,4,7,10,12H2. The molecule has 1 aromatic heterocycles. The molecule has 2 aromatic carbocycles. The van der Waals surface area contributed by atoms with Crippen molar-refractivity contribution in [2.24, 2.45) is 0 Å². The van der Waals surface area contributed by atoms with E-state index in [9.17, 15) is 4.79 Å². The molecule has 25 heavy (non-hydrogen) atoms. The Morgan fingerprint density at radius 2 is 2.12 bits per heavy atom. The number of carbonyl (C=O) groups is 1. The maximum atomic E-state index is 13.1. The second-order valence-electron chi connectivity index (χ2n) is 6.03. The van der Waals surface area contributed by atoms with Crippen molar-refractivity contribution in [3.8, 4) is 0 Å². The smallest absolute Gasteiger partial charge is 0.260 e. The quantitative estimate of drug-likeness (QED) is 0.608. The van der Waals surface area contributed by atoms with E-state index in [2.05, 4.69) is 15.9 Å². The molecule has 0 spiro atoms. The van der Waals surface area contributed by atoms with E-state index in [0.29, 0.717) is 12.1 Å². The lowest BCUT2D eigenvalue weighted by atomic mass is 10.2. The lowest BCUT2D eigenvalue weighted by Gasteiger charge is -2.23. The first-order chi connectivity index (χ1) is 12.2. The summed E-state index contributed by atoms with van der Waals surface area (Å²) in [6, 6.07) is 15.3.